The first kappa shape index (κ1) is 11.7. The third-order valence-electron chi connectivity index (χ3n) is 1.76. The summed E-state index contributed by atoms with van der Waals surface area (Å²) >= 11 is 3.31. The van der Waals surface area contributed by atoms with Crippen LogP contribution in [-0.4, -0.2) is 20.4 Å². The average Bonchev–Trinajstić information content (AvgIpc) is 2.01. The molecular weight excluding hydrogens is 266 g/mol. The lowest BCUT2D eigenvalue weighted by molar-refractivity contribution is 0.594. The largest absolute Gasteiger partial charge is 0.323 e. The Balaban J connectivity index is 2.85. The lowest BCUT2D eigenvalue weighted by atomic mass is 10.1. The van der Waals surface area contributed by atoms with Crippen LogP contribution in [0.2, 0.25) is 0 Å². The van der Waals surface area contributed by atoms with E-state index >= 15 is 0 Å². The van der Waals surface area contributed by atoms with Crippen LogP contribution in [0.25, 0.3) is 0 Å². The molecule has 1 aromatic rings. The van der Waals surface area contributed by atoms with Crippen molar-refractivity contribution in [3.63, 3.8) is 0 Å². The Bertz CT molecular complexity index is 417. The number of rotatable bonds is 3. The number of benzene rings is 1. The molecule has 78 valence electrons. The normalized spacial score (nSPS) is 13.9. The molecule has 1 atom stereocenters. The van der Waals surface area contributed by atoms with Crippen molar-refractivity contribution in [2.45, 2.75) is 6.04 Å². The molecule has 0 amide bonds. The van der Waals surface area contributed by atoms with Crippen molar-refractivity contribution in [3.8, 4) is 0 Å². The quantitative estimate of drug-likeness (QED) is 0.911. The smallest absolute Gasteiger partial charge is 0.149 e. The van der Waals surface area contributed by atoms with Gasteiger partial charge in [-0.1, -0.05) is 28.1 Å². The lowest BCUT2D eigenvalue weighted by Crippen LogP contribution is -2.20. The first-order valence-electron chi connectivity index (χ1n) is 4.07. The minimum atomic E-state index is -3.02. The van der Waals surface area contributed by atoms with Crippen molar-refractivity contribution in [2.24, 2.45) is 5.73 Å². The minimum Gasteiger partial charge on any atom is -0.323 e. The first-order valence-corrected chi connectivity index (χ1v) is 6.92. The van der Waals surface area contributed by atoms with Gasteiger partial charge in [-0.05, 0) is 17.7 Å². The van der Waals surface area contributed by atoms with Crippen LogP contribution in [-0.2, 0) is 9.84 Å². The Morgan fingerprint density at radius 1 is 1.50 bits per heavy atom. The van der Waals surface area contributed by atoms with Gasteiger partial charge in [0.15, 0.2) is 0 Å². The second-order valence-electron chi connectivity index (χ2n) is 3.25. The summed E-state index contributed by atoms with van der Waals surface area (Å²) in [5, 5.41) is 0. The van der Waals surface area contributed by atoms with E-state index in [9.17, 15) is 8.42 Å². The fourth-order valence-corrected chi connectivity index (χ4v) is 2.42. The molecule has 3 nitrogen and oxygen atoms in total. The number of halogens is 1. The third kappa shape index (κ3) is 3.77. The van der Waals surface area contributed by atoms with Crippen molar-refractivity contribution < 1.29 is 8.42 Å². The predicted octanol–water partition coefficient (Wildman–Crippen LogP) is 1.49. The maximum atomic E-state index is 11.0. The highest BCUT2D eigenvalue weighted by Gasteiger charge is 2.12. The van der Waals surface area contributed by atoms with Crippen LogP contribution >= 0.6 is 15.9 Å². The number of hydrogen-bond donors (Lipinski definition) is 1. The van der Waals surface area contributed by atoms with E-state index in [0.717, 1.165) is 10.0 Å². The first-order chi connectivity index (χ1) is 6.38. The molecule has 1 aromatic carbocycles. The number of hydrogen-bond acceptors (Lipinski definition) is 3. The van der Waals surface area contributed by atoms with Crippen molar-refractivity contribution in [2.75, 3.05) is 12.0 Å². The summed E-state index contributed by atoms with van der Waals surface area (Å²) in [7, 11) is -3.02. The third-order valence-corrected chi connectivity index (χ3v) is 3.22. The van der Waals surface area contributed by atoms with Gasteiger partial charge in [-0.2, -0.15) is 0 Å². The van der Waals surface area contributed by atoms with E-state index in [0.29, 0.717) is 0 Å². The van der Waals surface area contributed by atoms with Crippen LogP contribution in [0.1, 0.15) is 11.6 Å². The highest BCUT2D eigenvalue weighted by atomic mass is 79.9. The molecule has 2 N–H and O–H groups in total. The molecule has 5 heteroatoms. The molecule has 0 fully saturated rings. The van der Waals surface area contributed by atoms with Crippen LogP contribution in [0.15, 0.2) is 28.7 Å². The zero-order valence-corrected chi connectivity index (χ0v) is 10.2. The molecule has 1 rings (SSSR count). The monoisotopic (exact) mass is 277 g/mol. The molecule has 0 radical (unpaired) electrons. The van der Waals surface area contributed by atoms with E-state index in [4.69, 9.17) is 5.73 Å². The van der Waals surface area contributed by atoms with Gasteiger partial charge in [0.2, 0.25) is 0 Å². The predicted molar refractivity (Wildman–Crippen MR) is 60.8 cm³/mol. The fraction of sp³-hybridized carbons (Fsp3) is 0.333. The molecule has 0 bridgehead atoms. The number of sulfone groups is 1. The van der Waals surface area contributed by atoms with Crippen molar-refractivity contribution in [3.05, 3.63) is 34.3 Å². The van der Waals surface area contributed by atoms with Crippen LogP contribution in [0.5, 0.6) is 0 Å². The molecule has 0 unspecified atom stereocenters. The van der Waals surface area contributed by atoms with Crippen molar-refractivity contribution in [1.82, 2.24) is 0 Å². The molecule has 0 aliphatic rings. The number of nitrogens with two attached hydrogens (primary N) is 1. The Morgan fingerprint density at radius 3 is 2.64 bits per heavy atom. The molecule has 0 saturated heterocycles. The van der Waals surface area contributed by atoms with Crippen molar-refractivity contribution >= 4 is 25.8 Å². The van der Waals surface area contributed by atoms with Gasteiger partial charge in [-0.15, -0.1) is 0 Å². The van der Waals surface area contributed by atoms with E-state index in [1.165, 1.54) is 6.26 Å². The van der Waals surface area contributed by atoms with Gasteiger partial charge in [0, 0.05) is 16.8 Å². The van der Waals surface area contributed by atoms with E-state index in [1.807, 2.05) is 24.3 Å². The van der Waals surface area contributed by atoms with Gasteiger partial charge in [0.05, 0.1) is 5.75 Å². The molecule has 0 aromatic heterocycles. The van der Waals surface area contributed by atoms with Gasteiger partial charge in [0.1, 0.15) is 9.84 Å². The van der Waals surface area contributed by atoms with E-state index < -0.39 is 15.9 Å². The molecule has 14 heavy (non-hydrogen) atoms. The summed E-state index contributed by atoms with van der Waals surface area (Å²) in [5.41, 5.74) is 6.57. The van der Waals surface area contributed by atoms with Crippen molar-refractivity contribution in [1.29, 1.82) is 0 Å². The Kier molecular flexibility index (Phi) is 3.69. The minimum absolute atomic E-state index is 0.0244. The SMILES string of the molecule is CS(=O)(=O)C[C@H](N)c1cccc(Br)c1. The summed E-state index contributed by atoms with van der Waals surface area (Å²) in [6, 6.07) is 6.90. The highest BCUT2D eigenvalue weighted by Crippen LogP contribution is 2.17. The summed E-state index contributed by atoms with van der Waals surface area (Å²) in [4.78, 5) is 0. The molecule has 0 aliphatic heterocycles. The molecule has 0 spiro atoms. The molecular formula is C9H12BrNO2S. The molecule has 0 heterocycles. The van der Waals surface area contributed by atoms with Crippen LogP contribution in [0.3, 0.4) is 0 Å². The Hall–Kier alpha value is -0.390. The van der Waals surface area contributed by atoms with E-state index in [2.05, 4.69) is 15.9 Å². The van der Waals surface area contributed by atoms with Crippen LogP contribution in [0.4, 0.5) is 0 Å². The topological polar surface area (TPSA) is 60.2 Å². The molecule has 0 aliphatic carbocycles. The zero-order chi connectivity index (χ0) is 10.8. The maximum absolute atomic E-state index is 11.0. The fourth-order valence-electron chi connectivity index (χ4n) is 1.16. The summed E-state index contributed by atoms with van der Waals surface area (Å²) in [6.45, 7) is 0. The lowest BCUT2D eigenvalue weighted by Gasteiger charge is -2.10. The summed E-state index contributed by atoms with van der Waals surface area (Å²) < 4.78 is 22.9. The standard InChI is InChI=1S/C9H12BrNO2S/c1-14(12,13)6-9(11)7-3-2-4-8(10)5-7/h2-5,9H,6,11H2,1H3/t9-/m0/s1. The van der Waals surface area contributed by atoms with E-state index in [-0.39, 0.29) is 5.75 Å². The van der Waals surface area contributed by atoms with Gasteiger partial charge in [0.25, 0.3) is 0 Å². The maximum Gasteiger partial charge on any atom is 0.149 e. The van der Waals surface area contributed by atoms with E-state index in [1.54, 1.807) is 0 Å². The Labute approximate surface area is 92.4 Å². The van der Waals surface area contributed by atoms with Crippen LogP contribution in [0, 0.1) is 0 Å². The second-order valence-corrected chi connectivity index (χ2v) is 6.35. The second kappa shape index (κ2) is 4.42. The van der Waals surface area contributed by atoms with Crippen LogP contribution < -0.4 is 5.73 Å². The highest BCUT2D eigenvalue weighted by molar-refractivity contribution is 9.10. The van der Waals surface area contributed by atoms with Gasteiger partial charge >= 0.3 is 0 Å². The summed E-state index contributed by atoms with van der Waals surface area (Å²) in [6.07, 6.45) is 1.19. The summed E-state index contributed by atoms with van der Waals surface area (Å²) in [5.74, 6) is -0.0244. The zero-order valence-electron chi connectivity index (χ0n) is 7.77. The van der Waals surface area contributed by atoms with Gasteiger partial charge in [-0.25, -0.2) is 8.42 Å². The molecule has 0 saturated carbocycles. The average molecular weight is 278 g/mol. The van der Waals surface area contributed by atoms with Gasteiger partial charge in [-0.3, -0.25) is 0 Å². The van der Waals surface area contributed by atoms with Gasteiger partial charge < -0.3 is 5.73 Å². The Morgan fingerprint density at radius 2 is 2.14 bits per heavy atom.